The molecule has 1 aliphatic carbocycles. The first kappa shape index (κ1) is 19.6. The summed E-state index contributed by atoms with van der Waals surface area (Å²) < 4.78 is 15.2. The predicted octanol–water partition coefficient (Wildman–Crippen LogP) is 8.53. The Bertz CT molecular complexity index is 1030. The van der Waals surface area contributed by atoms with Crippen LogP contribution in [0.15, 0.2) is 72.8 Å². The standard InChI is InChI=1S/C28H29F/c1-3-5-20-7-10-22(11-8-20)23-12-14-24(15-13-23)26-18-16-25-19-21(6-4-2)9-17-27(25)28(26)29/h3-6,9,12-20,22H,7-8,10-11H2,1-2H3/b5-3+,6-4+. The van der Waals surface area contributed by atoms with Crippen molar-refractivity contribution in [2.75, 3.05) is 0 Å². The average Bonchev–Trinajstić information content (AvgIpc) is 2.75. The molecule has 1 fully saturated rings. The number of hydrogen-bond donors (Lipinski definition) is 0. The molecular formula is C28H29F. The first-order valence-electron chi connectivity index (χ1n) is 10.8. The summed E-state index contributed by atoms with van der Waals surface area (Å²) in [5.74, 6) is 1.25. The van der Waals surface area contributed by atoms with E-state index in [1.807, 2.05) is 49.4 Å². The molecule has 3 aromatic rings. The van der Waals surface area contributed by atoms with Gasteiger partial charge >= 0.3 is 0 Å². The van der Waals surface area contributed by atoms with E-state index in [0.717, 1.165) is 22.4 Å². The summed E-state index contributed by atoms with van der Waals surface area (Å²) in [5, 5.41) is 1.62. The maximum atomic E-state index is 15.2. The van der Waals surface area contributed by atoms with E-state index in [1.54, 1.807) is 0 Å². The van der Waals surface area contributed by atoms with Gasteiger partial charge in [0.15, 0.2) is 0 Å². The topological polar surface area (TPSA) is 0 Å². The van der Waals surface area contributed by atoms with Gasteiger partial charge in [0, 0.05) is 10.9 Å². The van der Waals surface area contributed by atoms with Crippen LogP contribution in [-0.4, -0.2) is 0 Å². The van der Waals surface area contributed by atoms with Crippen LogP contribution in [0.5, 0.6) is 0 Å². The second-order valence-electron chi connectivity index (χ2n) is 8.17. The van der Waals surface area contributed by atoms with Gasteiger partial charge < -0.3 is 0 Å². The lowest BCUT2D eigenvalue weighted by Crippen LogP contribution is -2.11. The van der Waals surface area contributed by atoms with Gasteiger partial charge in [-0.3, -0.25) is 0 Å². The second-order valence-corrected chi connectivity index (χ2v) is 8.17. The molecule has 0 bridgehead atoms. The molecule has 0 atom stereocenters. The normalized spacial score (nSPS) is 20.1. The minimum atomic E-state index is -0.130. The van der Waals surface area contributed by atoms with Gasteiger partial charge in [0.05, 0.1) is 0 Å². The lowest BCUT2D eigenvalue weighted by Gasteiger charge is -2.27. The van der Waals surface area contributed by atoms with Gasteiger partial charge in [-0.05, 0) is 79.5 Å². The van der Waals surface area contributed by atoms with E-state index in [0.29, 0.717) is 16.9 Å². The first-order valence-corrected chi connectivity index (χ1v) is 10.8. The summed E-state index contributed by atoms with van der Waals surface area (Å²) in [6.07, 6.45) is 13.6. The highest BCUT2D eigenvalue weighted by atomic mass is 19.1. The van der Waals surface area contributed by atoms with Crippen LogP contribution in [0.1, 0.15) is 56.6 Å². The van der Waals surface area contributed by atoms with E-state index < -0.39 is 0 Å². The van der Waals surface area contributed by atoms with Gasteiger partial charge in [-0.2, -0.15) is 0 Å². The highest BCUT2D eigenvalue weighted by Gasteiger charge is 2.21. The highest BCUT2D eigenvalue weighted by molar-refractivity contribution is 5.89. The number of hydrogen-bond acceptors (Lipinski definition) is 0. The van der Waals surface area contributed by atoms with Crippen LogP contribution >= 0.6 is 0 Å². The molecule has 0 spiro atoms. The maximum Gasteiger partial charge on any atom is 0.138 e. The van der Waals surface area contributed by atoms with Crippen LogP contribution in [0.4, 0.5) is 4.39 Å². The zero-order valence-corrected chi connectivity index (χ0v) is 17.4. The van der Waals surface area contributed by atoms with E-state index in [1.165, 1.54) is 31.2 Å². The van der Waals surface area contributed by atoms with Crippen molar-refractivity contribution >= 4 is 16.8 Å². The Hall–Kier alpha value is -2.67. The number of halogens is 1. The minimum Gasteiger partial charge on any atom is -0.206 e. The van der Waals surface area contributed by atoms with E-state index in [9.17, 15) is 0 Å². The molecule has 29 heavy (non-hydrogen) atoms. The van der Waals surface area contributed by atoms with E-state index >= 15 is 4.39 Å². The summed E-state index contributed by atoms with van der Waals surface area (Å²) >= 11 is 0. The Labute approximate surface area is 173 Å². The van der Waals surface area contributed by atoms with E-state index in [2.05, 4.69) is 43.3 Å². The molecule has 0 N–H and O–H groups in total. The van der Waals surface area contributed by atoms with Gasteiger partial charge in [0.2, 0.25) is 0 Å². The molecule has 0 radical (unpaired) electrons. The summed E-state index contributed by atoms with van der Waals surface area (Å²) in [7, 11) is 0. The van der Waals surface area contributed by atoms with Crippen molar-refractivity contribution in [3.63, 3.8) is 0 Å². The Morgan fingerprint density at radius 2 is 1.59 bits per heavy atom. The smallest absolute Gasteiger partial charge is 0.138 e. The molecule has 0 aromatic heterocycles. The average molecular weight is 385 g/mol. The predicted molar refractivity (Wildman–Crippen MR) is 124 cm³/mol. The molecule has 3 aromatic carbocycles. The van der Waals surface area contributed by atoms with Gasteiger partial charge in [-0.1, -0.05) is 72.8 Å². The van der Waals surface area contributed by atoms with Crippen LogP contribution in [0.3, 0.4) is 0 Å². The van der Waals surface area contributed by atoms with Gasteiger partial charge in [-0.15, -0.1) is 0 Å². The highest BCUT2D eigenvalue weighted by Crippen LogP contribution is 2.37. The van der Waals surface area contributed by atoms with Gasteiger partial charge in [0.1, 0.15) is 5.82 Å². The summed E-state index contributed by atoms with van der Waals surface area (Å²) in [4.78, 5) is 0. The monoisotopic (exact) mass is 384 g/mol. The summed E-state index contributed by atoms with van der Waals surface area (Å²) in [6, 6.07) is 18.4. The Kier molecular flexibility index (Phi) is 5.94. The number of benzene rings is 3. The third-order valence-corrected chi connectivity index (χ3v) is 6.27. The Morgan fingerprint density at radius 3 is 2.28 bits per heavy atom. The molecule has 0 saturated heterocycles. The summed E-state index contributed by atoms with van der Waals surface area (Å²) in [6.45, 7) is 4.10. The van der Waals surface area contributed by atoms with Crippen molar-refractivity contribution in [1.82, 2.24) is 0 Å². The molecule has 1 saturated carbocycles. The van der Waals surface area contributed by atoms with Crippen molar-refractivity contribution in [3.8, 4) is 11.1 Å². The third-order valence-electron chi connectivity index (χ3n) is 6.27. The number of rotatable bonds is 4. The fraction of sp³-hybridized carbons (Fsp3) is 0.286. The molecule has 4 rings (SSSR count). The molecular weight excluding hydrogens is 355 g/mol. The number of fused-ring (bicyclic) bond motifs is 1. The second kappa shape index (κ2) is 8.78. The molecule has 1 heteroatoms. The van der Waals surface area contributed by atoms with Crippen molar-refractivity contribution < 1.29 is 4.39 Å². The van der Waals surface area contributed by atoms with Crippen molar-refractivity contribution in [2.45, 2.75) is 45.4 Å². The lowest BCUT2D eigenvalue weighted by atomic mass is 9.78. The molecule has 1 aliphatic rings. The summed E-state index contributed by atoms with van der Waals surface area (Å²) in [5.41, 5.74) is 4.12. The molecule has 0 heterocycles. The molecule has 148 valence electrons. The third kappa shape index (κ3) is 4.19. The van der Waals surface area contributed by atoms with Crippen LogP contribution < -0.4 is 0 Å². The molecule has 0 aliphatic heterocycles. The minimum absolute atomic E-state index is 0.130. The fourth-order valence-electron chi connectivity index (χ4n) is 4.68. The maximum absolute atomic E-state index is 15.2. The molecule has 0 unspecified atom stereocenters. The van der Waals surface area contributed by atoms with Gasteiger partial charge in [-0.25, -0.2) is 4.39 Å². The quantitative estimate of drug-likeness (QED) is 0.395. The van der Waals surface area contributed by atoms with Crippen molar-refractivity contribution in [2.24, 2.45) is 5.92 Å². The zero-order valence-electron chi connectivity index (χ0n) is 17.4. The van der Waals surface area contributed by atoms with Crippen molar-refractivity contribution in [1.29, 1.82) is 0 Å². The molecule has 0 nitrogen and oxygen atoms in total. The van der Waals surface area contributed by atoms with Crippen molar-refractivity contribution in [3.05, 3.63) is 89.8 Å². The van der Waals surface area contributed by atoms with E-state index in [4.69, 9.17) is 0 Å². The lowest BCUT2D eigenvalue weighted by molar-refractivity contribution is 0.376. The zero-order chi connectivity index (χ0) is 20.2. The van der Waals surface area contributed by atoms with Crippen LogP contribution in [0.25, 0.3) is 28.0 Å². The van der Waals surface area contributed by atoms with Crippen LogP contribution in [0, 0.1) is 11.7 Å². The van der Waals surface area contributed by atoms with Crippen LogP contribution in [0.2, 0.25) is 0 Å². The van der Waals surface area contributed by atoms with Gasteiger partial charge in [0.25, 0.3) is 0 Å². The Balaban J connectivity index is 1.57. The fourth-order valence-corrected chi connectivity index (χ4v) is 4.68. The van der Waals surface area contributed by atoms with Crippen LogP contribution in [-0.2, 0) is 0 Å². The van der Waals surface area contributed by atoms with E-state index in [-0.39, 0.29) is 5.82 Å². The first-order chi connectivity index (χ1) is 14.2. The Morgan fingerprint density at radius 1 is 0.828 bits per heavy atom. The number of allylic oxidation sites excluding steroid dienone is 3. The molecule has 0 amide bonds. The SMILES string of the molecule is C/C=C/c1ccc2c(F)c(-c3ccc(C4CCC(/C=C/C)CC4)cc3)ccc2c1. The largest absolute Gasteiger partial charge is 0.206 e.